The van der Waals surface area contributed by atoms with Crippen LogP contribution in [0.25, 0.3) is 22.0 Å². The number of amides is 3. The first-order valence-electron chi connectivity index (χ1n) is 9.96. The van der Waals surface area contributed by atoms with E-state index < -0.39 is 24.1 Å². The summed E-state index contributed by atoms with van der Waals surface area (Å²) < 4.78 is 13.4. The maximum absolute atomic E-state index is 13.4. The number of nitrogens with one attached hydrogen (secondary N) is 4. The van der Waals surface area contributed by atoms with E-state index in [-0.39, 0.29) is 24.6 Å². The summed E-state index contributed by atoms with van der Waals surface area (Å²) in [5.41, 5.74) is 2.29. The molecule has 3 rings (SSSR count). The summed E-state index contributed by atoms with van der Waals surface area (Å²) in [7, 11) is 0. The van der Waals surface area contributed by atoms with Crippen LogP contribution < -0.4 is 16.0 Å². The van der Waals surface area contributed by atoms with Gasteiger partial charge in [-0.1, -0.05) is 30.3 Å². The summed E-state index contributed by atoms with van der Waals surface area (Å²) in [6, 6.07) is 12.5. The van der Waals surface area contributed by atoms with Gasteiger partial charge in [-0.3, -0.25) is 4.79 Å². The Morgan fingerprint density at radius 1 is 0.969 bits per heavy atom. The van der Waals surface area contributed by atoms with Crippen molar-refractivity contribution in [3.8, 4) is 11.1 Å². The van der Waals surface area contributed by atoms with Crippen LogP contribution in [0.3, 0.4) is 0 Å². The van der Waals surface area contributed by atoms with Gasteiger partial charge in [0.05, 0.1) is 0 Å². The fourth-order valence-corrected chi connectivity index (χ4v) is 3.48. The second-order valence-electron chi connectivity index (χ2n) is 7.16. The lowest BCUT2D eigenvalue weighted by Crippen LogP contribution is -2.43. The molecule has 0 aliphatic heterocycles. The zero-order chi connectivity index (χ0) is 23.1. The molecule has 9 nitrogen and oxygen atoms in total. The fourth-order valence-electron chi connectivity index (χ4n) is 3.48. The van der Waals surface area contributed by atoms with Gasteiger partial charge in [-0.25, -0.2) is 14.0 Å². The van der Waals surface area contributed by atoms with Crippen molar-refractivity contribution >= 4 is 29.0 Å². The number of carboxylic acid groups (broad SMARTS) is 2. The third-order valence-corrected chi connectivity index (χ3v) is 4.91. The van der Waals surface area contributed by atoms with Crippen LogP contribution in [0.2, 0.25) is 0 Å². The number of halogens is 1. The van der Waals surface area contributed by atoms with Crippen molar-refractivity contribution in [2.45, 2.75) is 18.9 Å². The highest BCUT2D eigenvalue weighted by Gasteiger charge is 2.20. The largest absolute Gasteiger partial charge is 0.465 e. The molecular weight excluding hydrogens is 419 g/mol. The molecule has 168 valence electrons. The van der Waals surface area contributed by atoms with Crippen molar-refractivity contribution in [2.24, 2.45) is 0 Å². The van der Waals surface area contributed by atoms with Crippen LogP contribution in [-0.2, 0) is 0 Å². The molecule has 1 atom stereocenters. The molecule has 0 fully saturated rings. The van der Waals surface area contributed by atoms with Crippen molar-refractivity contribution in [1.29, 1.82) is 0 Å². The SMILES string of the molecule is O=C(O)NCCC[C@@H](CNC(=O)c1[nH]c2ccccc2c1-c1ccc(F)cc1)NC(=O)O. The quantitative estimate of drug-likeness (QED) is 0.282. The van der Waals surface area contributed by atoms with Crippen molar-refractivity contribution < 1.29 is 29.0 Å². The zero-order valence-electron chi connectivity index (χ0n) is 17.0. The number of carbonyl (C=O) groups excluding carboxylic acids is 1. The van der Waals surface area contributed by atoms with Crippen LogP contribution in [0.15, 0.2) is 48.5 Å². The maximum Gasteiger partial charge on any atom is 0.404 e. The second kappa shape index (κ2) is 10.3. The van der Waals surface area contributed by atoms with E-state index in [1.54, 1.807) is 12.1 Å². The van der Waals surface area contributed by atoms with Crippen LogP contribution in [0.4, 0.5) is 14.0 Å². The lowest BCUT2D eigenvalue weighted by molar-refractivity contribution is 0.0944. The Bertz CT molecular complexity index is 1110. The molecular formula is C22H23FN4O5. The van der Waals surface area contributed by atoms with E-state index in [9.17, 15) is 18.8 Å². The maximum atomic E-state index is 13.4. The predicted molar refractivity (Wildman–Crippen MR) is 116 cm³/mol. The lowest BCUT2D eigenvalue weighted by atomic mass is 10.0. The number of carbonyl (C=O) groups is 3. The summed E-state index contributed by atoms with van der Waals surface area (Å²) >= 11 is 0. The van der Waals surface area contributed by atoms with Crippen molar-refractivity contribution in [2.75, 3.05) is 13.1 Å². The van der Waals surface area contributed by atoms with E-state index in [0.29, 0.717) is 24.0 Å². The zero-order valence-corrected chi connectivity index (χ0v) is 17.0. The fraction of sp³-hybridized carbons (Fsp3) is 0.227. The lowest BCUT2D eigenvalue weighted by Gasteiger charge is -2.17. The monoisotopic (exact) mass is 442 g/mol. The van der Waals surface area contributed by atoms with E-state index >= 15 is 0 Å². The number of fused-ring (bicyclic) bond motifs is 1. The molecule has 10 heteroatoms. The first-order valence-corrected chi connectivity index (χ1v) is 9.96. The number of aromatic amines is 1. The van der Waals surface area contributed by atoms with E-state index in [0.717, 1.165) is 10.9 Å². The summed E-state index contributed by atoms with van der Waals surface area (Å²) in [5, 5.41) is 25.7. The van der Waals surface area contributed by atoms with Gasteiger partial charge in [-0.05, 0) is 36.6 Å². The van der Waals surface area contributed by atoms with Crippen molar-refractivity contribution in [3.63, 3.8) is 0 Å². The van der Waals surface area contributed by atoms with Gasteiger partial charge < -0.3 is 31.1 Å². The van der Waals surface area contributed by atoms with E-state index in [1.165, 1.54) is 12.1 Å². The summed E-state index contributed by atoms with van der Waals surface area (Å²) in [6.45, 7) is 0.175. The predicted octanol–water partition coefficient (Wildman–Crippen LogP) is 3.39. The Labute approximate surface area is 182 Å². The molecule has 3 amide bonds. The Balaban J connectivity index is 1.78. The molecule has 0 aliphatic carbocycles. The first kappa shape index (κ1) is 22.6. The molecule has 6 N–H and O–H groups in total. The molecule has 0 unspecified atom stereocenters. The van der Waals surface area contributed by atoms with E-state index in [1.807, 2.05) is 24.3 Å². The molecule has 0 spiro atoms. The third-order valence-electron chi connectivity index (χ3n) is 4.91. The van der Waals surface area contributed by atoms with Gasteiger partial charge in [0.15, 0.2) is 0 Å². The minimum atomic E-state index is -1.24. The molecule has 1 aromatic heterocycles. The highest BCUT2D eigenvalue weighted by Crippen LogP contribution is 2.32. The average Bonchev–Trinajstić information content (AvgIpc) is 3.14. The smallest absolute Gasteiger partial charge is 0.404 e. The molecule has 0 saturated carbocycles. The first-order chi connectivity index (χ1) is 15.3. The van der Waals surface area contributed by atoms with Gasteiger partial charge in [0, 0.05) is 35.6 Å². The Hall–Kier alpha value is -4.08. The number of H-pyrrole nitrogens is 1. The molecule has 3 aromatic rings. The Morgan fingerprint density at radius 3 is 2.38 bits per heavy atom. The van der Waals surface area contributed by atoms with Gasteiger partial charge >= 0.3 is 12.2 Å². The van der Waals surface area contributed by atoms with Gasteiger partial charge in [0.25, 0.3) is 5.91 Å². The molecule has 0 bridgehead atoms. The number of benzene rings is 2. The number of hydrogen-bond acceptors (Lipinski definition) is 3. The van der Waals surface area contributed by atoms with Crippen LogP contribution in [0.5, 0.6) is 0 Å². The Morgan fingerprint density at radius 2 is 1.69 bits per heavy atom. The van der Waals surface area contributed by atoms with Crippen LogP contribution in [-0.4, -0.2) is 52.4 Å². The average molecular weight is 442 g/mol. The second-order valence-corrected chi connectivity index (χ2v) is 7.16. The molecule has 1 heterocycles. The van der Waals surface area contributed by atoms with Crippen LogP contribution >= 0.6 is 0 Å². The number of aromatic nitrogens is 1. The molecule has 2 aromatic carbocycles. The van der Waals surface area contributed by atoms with Gasteiger partial charge in [-0.2, -0.15) is 0 Å². The van der Waals surface area contributed by atoms with E-state index in [4.69, 9.17) is 10.2 Å². The van der Waals surface area contributed by atoms with E-state index in [2.05, 4.69) is 20.9 Å². The molecule has 0 aliphatic rings. The Kier molecular flexibility index (Phi) is 7.27. The van der Waals surface area contributed by atoms with Gasteiger partial charge in [0.2, 0.25) is 0 Å². The minimum absolute atomic E-state index is 0.0103. The van der Waals surface area contributed by atoms with Crippen molar-refractivity contribution in [1.82, 2.24) is 20.9 Å². The summed E-state index contributed by atoms with van der Waals surface area (Å²) in [6.07, 6.45) is -1.69. The highest BCUT2D eigenvalue weighted by atomic mass is 19.1. The van der Waals surface area contributed by atoms with Crippen LogP contribution in [0.1, 0.15) is 23.3 Å². The highest BCUT2D eigenvalue weighted by molar-refractivity contribution is 6.09. The third kappa shape index (κ3) is 5.75. The number of para-hydroxylation sites is 1. The topological polar surface area (TPSA) is 144 Å². The number of rotatable bonds is 9. The number of hydrogen-bond donors (Lipinski definition) is 6. The molecule has 0 radical (unpaired) electrons. The summed E-state index contributed by atoms with van der Waals surface area (Å²) in [5.74, 6) is -0.832. The standard InChI is InChI=1S/C22H23FN4O5/c23-14-9-7-13(8-10-14)18-16-5-1-2-6-17(16)27-19(18)20(28)25-12-15(26-22(31)32)4-3-11-24-21(29)30/h1-2,5-10,15,24,26-27H,3-4,11-12H2,(H,25,28)(H,29,30)(H,31,32)/t15-/m0/s1. The van der Waals surface area contributed by atoms with Crippen molar-refractivity contribution in [3.05, 3.63) is 60.0 Å². The van der Waals surface area contributed by atoms with Gasteiger partial charge in [-0.15, -0.1) is 0 Å². The molecule has 0 saturated heterocycles. The molecule has 32 heavy (non-hydrogen) atoms. The minimum Gasteiger partial charge on any atom is -0.465 e. The summed E-state index contributed by atoms with van der Waals surface area (Å²) in [4.78, 5) is 37.7. The van der Waals surface area contributed by atoms with Gasteiger partial charge in [0.1, 0.15) is 11.5 Å². The van der Waals surface area contributed by atoms with Crippen LogP contribution in [0, 0.1) is 5.82 Å². The normalized spacial score (nSPS) is 11.7.